The molecule has 0 radical (unpaired) electrons. The number of nitrogen functional groups attached to an aromatic ring is 1. The van der Waals surface area contributed by atoms with E-state index < -0.39 is 0 Å². The second kappa shape index (κ2) is 6.99. The third-order valence-electron chi connectivity index (χ3n) is 2.68. The van der Waals surface area contributed by atoms with E-state index in [4.69, 9.17) is 15.2 Å². The lowest BCUT2D eigenvalue weighted by atomic mass is 10.2. The van der Waals surface area contributed by atoms with Gasteiger partial charge in [-0.2, -0.15) is 0 Å². The fourth-order valence-electron chi connectivity index (χ4n) is 1.68. The van der Waals surface area contributed by atoms with Gasteiger partial charge in [-0.3, -0.25) is 4.79 Å². The second-order valence-electron chi connectivity index (χ2n) is 4.25. The fourth-order valence-corrected chi connectivity index (χ4v) is 1.94. The van der Waals surface area contributed by atoms with E-state index >= 15 is 0 Å². The molecule has 0 aliphatic carbocycles. The predicted octanol–water partition coefficient (Wildman–Crippen LogP) is 3.06. The van der Waals surface area contributed by atoms with Gasteiger partial charge in [-0.05, 0) is 36.4 Å². The van der Waals surface area contributed by atoms with Gasteiger partial charge in [-0.1, -0.05) is 15.9 Å². The monoisotopic (exact) mass is 350 g/mol. The van der Waals surface area contributed by atoms with E-state index in [0.29, 0.717) is 22.9 Å². The number of rotatable bonds is 5. The van der Waals surface area contributed by atoms with Crippen molar-refractivity contribution < 1.29 is 14.3 Å². The lowest BCUT2D eigenvalue weighted by molar-refractivity contribution is -0.118. The lowest BCUT2D eigenvalue weighted by Gasteiger charge is -2.11. The van der Waals surface area contributed by atoms with Crippen molar-refractivity contribution in [2.75, 3.05) is 24.8 Å². The molecule has 3 N–H and O–H groups in total. The van der Waals surface area contributed by atoms with Crippen molar-refractivity contribution in [2.24, 2.45) is 0 Å². The van der Waals surface area contributed by atoms with Crippen LogP contribution in [-0.4, -0.2) is 19.6 Å². The number of halogens is 1. The summed E-state index contributed by atoms with van der Waals surface area (Å²) in [5.41, 5.74) is 6.78. The van der Waals surface area contributed by atoms with Gasteiger partial charge < -0.3 is 20.5 Å². The number of amides is 1. The Labute approximate surface area is 131 Å². The van der Waals surface area contributed by atoms with E-state index in [9.17, 15) is 4.79 Å². The Morgan fingerprint density at radius 1 is 1.24 bits per heavy atom. The molecule has 2 rings (SSSR count). The molecule has 6 heteroatoms. The molecule has 0 saturated carbocycles. The van der Waals surface area contributed by atoms with Crippen LogP contribution in [0.2, 0.25) is 0 Å². The summed E-state index contributed by atoms with van der Waals surface area (Å²) in [5, 5.41) is 2.72. The maximum Gasteiger partial charge on any atom is 0.262 e. The summed E-state index contributed by atoms with van der Waals surface area (Å²) in [5.74, 6) is 0.852. The van der Waals surface area contributed by atoms with Crippen molar-refractivity contribution in [1.82, 2.24) is 0 Å². The minimum atomic E-state index is -0.277. The first-order valence-corrected chi connectivity index (χ1v) is 6.99. The highest BCUT2D eigenvalue weighted by molar-refractivity contribution is 9.10. The molecule has 0 aliphatic heterocycles. The average Bonchev–Trinajstić information content (AvgIpc) is 2.48. The van der Waals surface area contributed by atoms with Crippen molar-refractivity contribution in [3.05, 3.63) is 46.9 Å². The van der Waals surface area contributed by atoms with Gasteiger partial charge in [-0.25, -0.2) is 0 Å². The molecule has 2 aromatic carbocycles. The van der Waals surface area contributed by atoms with Gasteiger partial charge in [0.15, 0.2) is 6.61 Å². The maximum absolute atomic E-state index is 11.9. The number of methoxy groups -OCH3 is 1. The zero-order valence-electron chi connectivity index (χ0n) is 11.4. The Balaban J connectivity index is 1.94. The standard InChI is InChI=1S/C15H15BrN2O3/c1-20-14-8-11(17)4-7-13(14)18-15(19)9-21-12-5-2-10(16)3-6-12/h2-8H,9,17H2,1H3,(H,18,19). The van der Waals surface area contributed by atoms with Crippen molar-refractivity contribution in [3.63, 3.8) is 0 Å². The molecule has 0 spiro atoms. The molecule has 110 valence electrons. The minimum Gasteiger partial charge on any atom is -0.494 e. The Hall–Kier alpha value is -2.21. The van der Waals surface area contributed by atoms with Crippen molar-refractivity contribution in [1.29, 1.82) is 0 Å². The fraction of sp³-hybridized carbons (Fsp3) is 0.133. The third kappa shape index (κ3) is 4.39. The number of hydrogen-bond acceptors (Lipinski definition) is 4. The van der Waals surface area contributed by atoms with Crippen LogP contribution in [0.5, 0.6) is 11.5 Å². The minimum absolute atomic E-state index is 0.0881. The van der Waals surface area contributed by atoms with Crippen LogP contribution in [-0.2, 0) is 4.79 Å². The van der Waals surface area contributed by atoms with E-state index in [-0.39, 0.29) is 12.5 Å². The summed E-state index contributed by atoms with van der Waals surface area (Å²) in [7, 11) is 1.52. The Morgan fingerprint density at radius 2 is 1.95 bits per heavy atom. The van der Waals surface area contributed by atoms with Crippen molar-refractivity contribution in [2.45, 2.75) is 0 Å². The van der Waals surface area contributed by atoms with Crippen LogP contribution in [0.15, 0.2) is 46.9 Å². The largest absolute Gasteiger partial charge is 0.494 e. The van der Waals surface area contributed by atoms with Gasteiger partial charge in [0.2, 0.25) is 0 Å². The molecule has 1 amide bonds. The van der Waals surface area contributed by atoms with E-state index in [2.05, 4.69) is 21.2 Å². The molecule has 0 atom stereocenters. The van der Waals surface area contributed by atoms with Crippen molar-refractivity contribution in [3.8, 4) is 11.5 Å². The molecule has 0 saturated heterocycles. The zero-order valence-corrected chi connectivity index (χ0v) is 13.0. The number of nitrogens with one attached hydrogen (secondary N) is 1. The highest BCUT2D eigenvalue weighted by Gasteiger charge is 2.08. The number of hydrogen-bond donors (Lipinski definition) is 2. The smallest absolute Gasteiger partial charge is 0.262 e. The summed E-state index contributed by atoms with van der Waals surface area (Å²) < 4.78 is 11.5. The number of carbonyl (C=O) groups is 1. The van der Waals surface area contributed by atoms with Crippen LogP contribution in [0.3, 0.4) is 0 Å². The topological polar surface area (TPSA) is 73.6 Å². The maximum atomic E-state index is 11.9. The lowest BCUT2D eigenvalue weighted by Crippen LogP contribution is -2.20. The Morgan fingerprint density at radius 3 is 2.62 bits per heavy atom. The number of anilines is 2. The highest BCUT2D eigenvalue weighted by Crippen LogP contribution is 2.26. The molecule has 0 aromatic heterocycles. The van der Waals surface area contributed by atoms with Gasteiger partial charge in [0.25, 0.3) is 5.91 Å². The molecular weight excluding hydrogens is 336 g/mol. The van der Waals surface area contributed by atoms with Crippen LogP contribution in [0.1, 0.15) is 0 Å². The number of nitrogens with two attached hydrogens (primary N) is 1. The Kier molecular flexibility index (Phi) is 5.05. The summed E-state index contributed by atoms with van der Waals surface area (Å²) in [6, 6.07) is 12.3. The van der Waals surface area contributed by atoms with Gasteiger partial charge >= 0.3 is 0 Å². The van der Waals surface area contributed by atoms with E-state index in [1.54, 1.807) is 30.3 Å². The Bertz CT molecular complexity index is 629. The SMILES string of the molecule is COc1cc(N)ccc1NC(=O)COc1ccc(Br)cc1. The van der Waals surface area contributed by atoms with E-state index in [1.165, 1.54) is 7.11 Å². The number of benzene rings is 2. The molecule has 0 heterocycles. The molecule has 0 unspecified atom stereocenters. The van der Waals surface area contributed by atoms with Crippen LogP contribution < -0.4 is 20.5 Å². The van der Waals surface area contributed by atoms with Crippen LogP contribution in [0.25, 0.3) is 0 Å². The van der Waals surface area contributed by atoms with Gasteiger partial charge in [0, 0.05) is 16.2 Å². The van der Waals surface area contributed by atoms with Crippen LogP contribution >= 0.6 is 15.9 Å². The number of carbonyl (C=O) groups excluding carboxylic acids is 1. The third-order valence-corrected chi connectivity index (χ3v) is 3.21. The van der Waals surface area contributed by atoms with Gasteiger partial charge in [0.05, 0.1) is 12.8 Å². The molecule has 21 heavy (non-hydrogen) atoms. The highest BCUT2D eigenvalue weighted by atomic mass is 79.9. The molecule has 5 nitrogen and oxygen atoms in total. The summed E-state index contributed by atoms with van der Waals surface area (Å²) in [6.45, 7) is -0.0881. The molecule has 0 bridgehead atoms. The van der Waals surface area contributed by atoms with Gasteiger partial charge in [0.1, 0.15) is 11.5 Å². The number of ether oxygens (including phenoxy) is 2. The van der Waals surface area contributed by atoms with Gasteiger partial charge in [-0.15, -0.1) is 0 Å². The quantitative estimate of drug-likeness (QED) is 0.812. The van der Waals surface area contributed by atoms with E-state index in [0.717, 1.165) is 4.47 Å². The molecule has 0 aliphatic rings. The first kappa shape index (κ1) is 15.2. The summed E-state index contributed by atoms with van der Waals surface area (Å²) in [6.07, 6.45) is 0. The molecule has 2 aromatic rings. The first-order valence-electron chi connectivity index (χ1n) is 6.20. The van der Waals surface area contributed by atoms with E-state index in [1.807, 2.05) is 12.1 Å². The zero-order chi connectivity index (χ0) is 15.2. The molecule has 0 fully saturated rings. The predicted molar refractivity (Wildman–Crippen MR) is 85.7 cm³/mol. The normalized spacial score (nSPS) is 10.0. The molecular formula is C15H15BrN2O3. The van der Waals surface area contributed by atoms with Crippen molar-refractivity contribution >= 4 is 33.2 Å². The second-order valence-corrected chi connectivity index (χ2v) is 5.17. The summed E-state index contributed by atoms with van der Waals surface area (Å²) in [4.78, 5) is 11.9. The average molecular weight is 351 g/mol. The van der Waals surface area contributed by atoms with Crippen LogP contribution in [0.4, 0.5) is 11.4 Å². The first-order chi connectivity index (χ1) is 10.1. The van der Waals surface area contributed by atoms with Crippen LogP contribution in [0, 0.1) is 0 Å². The summed E-state index contributed by atoms with van der Waals surface area (Å²) >= 11 is 3.33.